The molecular formula is C10H16O4. The highest BCUT2D eigenvalue weighted by atomic mass is 16.5. The maximum atomic E-state index is 10.4. The van der Waals surface area contributed by atoms with Gasteiger partial charge in [0.05, 0.1) is 6.61 Å². The first-order valence-corrected chi connectivity index (χ1v) is 4.54. The van der Waals surface area contributed by atoms with E-state index < -0.39 is 0 Å². The molecule has 0 aliphatic rings. The summed E-state index contributed by atoms with van der Waals surface area (Å²) in [5.41, 5.74) is 0. The van der Waals surface area contributed by atoms with Crippen LogP contribution in [0.25, 0.3) is 0 Å². The largest absolute Gasteiger partial charge is 0.466 e. The van der Waals surface area contributed by atoms with E-state index in [1.165, 1.54) is 13.8 Å². The zero-order valence-corrected chi connectivity index (χ0v) is 8.62. The highest BCUT2D eigenvalue weighted by Gasteiger charge is 1.90. The second-order valence-corrected chi connectivity index (χ2v) is 2.76. The highest BCUT2D eigenvalue weighted by molar-refractivity contribution is 5.66. The number of hydrogen-bond acceptors (Lipinski definition) is 4. The van der Waals surface area contributed by atoms with Gasteiger partial charge in [-0.3, -0.25) is 9.59 Å². The molecule has 4 nitrogen and oxygen atoms in total. The normalized spacial score (nSPS) is 10.1. The molecule has 4 heteroatoms. The Balaban J connectivity index is 3.19. The molecule has 0 rings (SSSR count). The zero-order valence-electron chi connectivity index (χ0n) is 8.62. The summed E-state index contributed by atoms with van der Waals surface area (Å²) in [7, 11) is 0. The van der Waals surface area contributed by atoms with Crippen LogP contribution in [-0.4, -0.2) is 25.2 Å². The fourth-order valence-electron chi connectivity index (χ4n) is 0.768. The first-order chi connectivity index (χ1) is 6.63. The molecule has 0 N–H and O–H groups in total. The van der Waals surface area contributed by atoms with Crippen LogP contribution in [0.2, 0.25) is 0 Å². The molecule has 0 aliphatic heterocycles. The number of carbonyl (C=O) groups excluding carboxylic acids is 2. The number of carbonyl (C=O) groups is 2. The van der Waals surface area contributed by atoms with Gasteiger partial charge in [0, 0.05) is 13.8 Å². The molecule has 0 saturated heterocycles. The van der Waals surface area contributed by atoms with Gasteiger partial charge >= 0.3 is 11.9 Å². The van der Waals surface area contributed by atoms with E-state index in [0.717, 1.165) is 12.8 Å². The van der Waals surface area contributed by atoms with Gasteiger partial charge in [-0.15, -0.1) is 0 Å². The lowest BCUT2D eigenvalue weighted by Crippen LogP contribution is -2.00. The standard InChI is InChI=1S/C10H16O4/c1-9(11)13-7-5-3-4-6-8-14-10(2)12/h3,5H,4,6-8H2,1-2H3/b5-3-. The molecule has 0 amide bonds. The predicted octanol–water partition coefficient (Wildman–Crippen LogP) is 1.45. The summed E-state index contributed by atoms with van der Waals surface area (Å²) in [6.45, 7) is 3.50. The molecule has 0 spiro atoms. The Hall–Kier alpha value is -1.32. The third kappa shape index (κ3) is 10.7. The lowest BCUT2D eigenvalue weighted by atomic mass is 10.3. The van der Waals surface area contributed by atoms with Gasteiger partial charge < -0.3 is 9.47 Å². The number of rotatable bonds is 6. The van der Waals surface area contributed by atoms with Crippen molar-refractivity contribution in [3.05, 3.63) is 12.2 Å². The summed E-state index contributed by atoms with van der Waals surface area (Å²) in [5.74, 6) is -0.538. The molecule has 0 saturated carbocycles. The second-order valence-electron chi connectivity index (χ2n) is 2.76. The van der Waals surface area contributed by atoms with Crippen LogP contribution in [0.5, 0.6) is 0 Å². The Morgan fingerprint density at radius 2 is 1.71 bits per heavy atom. The third-order valence-corrected chi connectivity index (χ3v) is 1.37. The Morgan fingerprint density at radius 1 is 1.07 bits per heavy atom. The average molecular weight is 200 g/mol. The van der Waals surface area contributed by atoms with Crippen molar-refractivity contribution in [2.45, 2.75) is 26.7 Å². The summed E-state index contributed by atoms with van der Waals surface area (Å²) in [6, 6.07) is 0. The summed E-state index contributed by atoms with van der Waals surface area (Å²) in [6.07, 6.45) is 5.27. The minimum Gasteiger partial charge on any atom is -0.466 e. The Kier molecular flexibility index (Phi) is 7.50. The second kappa shape index (κ2) is 8.29. The monoisotopic (exact) mass is 200 g/mol. The summed E-state index contributed by atoms with van der Waals surface area (Å²) >= 11 is 0. The van der Waals surface area contributed by atoms with Crippen LogP contribution in [0.15, 0.2) is 12.2 Å². The Morgan fingerprint density at radius 3 is 2.29 bits per heavy atom. The van der Waals surface area contributed by atoms with E-state index in [1.807, 2.05) is 6.08 Å². The summed E-state index contributed by atoms with van der Waals surface area (Å²) < 4.78 is 9.40. The number of hydrogen-bond donors (Lipinski definition) is 0. The molecule has 0 atom stereocenters. The van der Waals surface area contributed by atoms with Crippen molar-refractivity contribution in [3.63, 3.8) is 0 Å². The van der Waals surface area contributed by atoms with Gasteiger partial charge in [-0.05, 0) is 12.8 Å². The third-order valence-electron chi connectivity index (χ3n) is 1.37. The number of allylic oxidation sites excluding steroid dienone is 1. The lowest BCUT2D eigenvalue weighted by molar-refractivity contribution is -0.141. The van der Waals surface area contributed by atoms with E-state index in [2.05, 4.69) is 4.74 Å². The van der Waals surface area contributed by atoms with Crippen LogP contribution < -0.4 is 0 Å². The first kappa shape index (κ1) is 12.7. The maximum Gasteiger partial charge on any atom is 0.302 e. The van der Waals surface area contributed by atoms with Crippen LogP contribution in [0.1, 0.15) is 26.7 Å². The minimum absolute atomic E-state index is 0.256. The molecule has 14 heavy (non-hydrogen) atoms. The first-order valence-electron chi connectivity index (χ1n) is 4.54. The van der Waals surface area contributed by atoms with Gasteiger partial charge in [0.15, 0.2) is 0 Å². The molecule has 0 heterocycles. The molecule has 0 aromatic carbocycles. The summed E-state index contributed by atoms with van der Waals surface area (Å²) in [5, 5.41) is 0. The van der Waals surface area contributed by atoms with E-state index in [1.54, 1.807) is 6.08 Å². The molecule has 0 radical (unpaired) electrons. The van der Waals surface area contributed by atoms with Gasteiger partial charge in [-0.2, -0.15) is 0 Å². The SMILES string of the molecule is CC(=O)OC/C=C\CCCOC(C)=O. The topological polar surface area (TPSA) is 52.6 Å². The number of ether oxygens (including phenoxy) is 2. The Labute approximate surface area is 83.9 Å². The van der Waals surface area contributed by atoms with Crippen molar-refractivity contribution in [3.8, 4) is 0 Å². The van der Waals surface area contributed by atoms with E-state index in [9.17, 15) is 9.59 Å². The maximum absolute atomic E-state index is 10.4. The smallest absolute Gasteiger partial charge is 0.302 e. The van der Waals surface area contributed by atoms with E-state index >= 15 is 0 Å². The van der Waals surface area contributed by atoms with Gasteiger partial charge in [0.2, 0.25) is 0 Å². The van der Waals surface area contributed by atoms with Gasteiger partial charge in [0.25, 0.3) is 0 Å². The van der Waals surface area contributed by atoms with E-state index in [4.69, 9.17) is 4.74 Å². The van der Waals surface area contributed by atoms with Gasteiger partial charge in [0.1, 0.15) is 6.61 Å². The minimum atomic E-state index is -0.283. The molecule has 0 fully saturated rings. The Bertz CT molecular complexity index is 208. The van der Waals surface area contributed by atoms with Crippen molar-refractivity contribution in [2.75, 3.05) is 13.2 Å². The van der Waals surface area contributed by atoms with Crippen molar-refractivity contribution < 1.29 is 19.1 Å². The van der Waals surface area contributed by atoms with Crippen molar-refractivity contribution in [1.29, 1.82) is 0 Å². The quantitative estimate of drug-likeness (QED) is 0.370. The molecular weight excluding hydrogens is 184 g/mol. The van der Waals surface area contributed by atoms with Crippen LogP contribution >= 0.6 is 0 Å². The predicted molar refractivity (Wildman–Crippen MR) is 51.6 cm³/mol. The summed E-state index contributed by atoms with van der Waals surface area (Å²) in [4.78, 5) is 20.7. The molecule has 0 aliphatic carbocycles. The zero-order chi connectivity index (χ0) is 10.8. The molecule has 0 aromatic heterocycles. The van der Waals surface area contributed by atoms with Crippen LogP contribution in [-0.2, 0) is 19.1 Å². The van der Waals surface area contributed by atoms with E-state index in [-0.39, 0.29) is 11.9 Å². The van der Waals surface area contributed by atoms with Crippen LogP contribution in [0.3, 0.4) is 0 Å². The molecule has 0 aromatic rings. The van der Waals surface area contributed by atoms with E-state index in [0.29, 0.717) is 13.2 Å². The van der Waals surface area contributed by atoms with Crippen molar-refractivity contribution in [2.24, 2.45) is 0 Å². The van der Waals surface area contributed by atoms with Crippen molar-refractivity contribution >= 4 is 11.9 Å². The molecule has 80 valence electrons. The average Bonchev–Trinajstić information content (AvgIpc) is 2.08. The van der Waals surface area contributed by atoms with Gasteiger partial charge in [-0.1, -0.05) is 12.2 Å². The fourth-order valence-corrected chi connectivity index (χ4v) is 0.768. The van der Waals surface area contributed by atoms with Crippen LogP contribution in [0, 0.1) is 0 Å². The number of esters is 2. The highest BCUT2D eigenvalue weighted by Crippen LogP contribution is 1.92. The fraction of sp³-hybridized carbons (Fsp3) is 0.600. The van der Waals surface area contributed by atoms with Crippen LogP contribution in [0.4, 0.5) is 0 Å². The van der Waals surface area contributed by atoms with Crippen molar-refractivity contribution in [1.82, 2.24) is 0 Å². The lowest BCUT2D eigenvalue weighted by Gasteiger charge is -1.98. The molecule has 0 bridgehead atoms. The van der Waals surface area contributed by atoms with Gasteiger partial charge in [-0.25, -0.2) is 0 Å². The molecule has 0 unspecified atom stereocenters. The number of unbranched alkanes of at least 4 members (excludes halogenated alkanes) is 1.